The van der Waals surface area contributed by atoms with E-state index in [9.17, 15) is 13.2 Å². The molecular formula is C19H21N5O3S. The number of amides is 1. The van der Waals surface area contributed by atoms with Crippen LogP contribution < -0.4 is 0 Å². The Labute approximate surface area is 163 Å². The van der Waals surface area contributed by atoms with E-state index < -0.39 is 10.0 Å². The molecule has 0 spiro atoms. The molecule has 1 saturated heterocycles. The van der Waals surface area contributed by atoms with E-state index in [2.05, 4.69) is 9.97 Å². The molecule has 1 aliphatic heterocycles. The third-order valence-electron chi connectivity index (χ3n) is 4.89. The lowest BCUT2D eigenvalue weighted by Gasteiger charge is -2.33. The highest BCUT2D eigenvalue weighted by atomic mass is 32.2. The first-order valence-electron chi connectivity index (χ1n) is 9.01. The molecule has 146 valence electrons. The fourth-order valence-electron chi connectivity index (χ4n) is 3.37. The van der Waals surface area contributed by atoms with Crippen LogP contribution in [0.2, 0.25) is 0 Å². The molecule has 3 aromatic rings. The van der Waals surface area contributed by atoms with Gasteiger partial charge in [0, 0.05) is 32.4 Å². The molecule has 0 saturated carbocycles. The number of hydrogen-bond donors (Lipinski definition) is 0. The van der Waals surface area contributed by atoms with Gasteiger partial charge in [-0.3, -0.25) is 4.79 Å². The molecule has 8 nitrogen and oxygen atoms in total. The van der Waals surface area contributed by atoms with Crippen molar-refractivity contribution in [1.82, 2.24) is 23.7 Å². The average Bonchev–Trinajstić information content (AvgIpc) is 3.09. The van der Waals surface area contributed by atoms with Crippen molar-refractivity contribution in [2.24, 2.45) is 0 Å². The van der Waals surface area contributed by atoms with E-state index in [1.165, 1.54) is 10.6 Å². The smallest absolute Gasteiger partial charge is 0.255 e. The van der Waals surface area contributed by atoms with Crippen LogP contribution in [0.4, 0.5) is 0 Å². The molecule has 0 radical (unpaired) electrons. The van der Waals surface area contributed by atoms with Gasteiger partial charge in [0.15, 0.2) is 5.65 Å². The largest absolute Gasteiger partial charge is 0.336 e. The Morgan fingerprint density at radius 3 is 2.46 bits per heavy atom. The van der Waals surface area contributed by atoms with Crippen LogP contribution >= 0.6 is 0 Å². The standard InChI is InChI=1S/C19H21N5O3S/c1-28(26,27)24-9-7-22(8-10-24)19(25)16-11-17-18(20-12-16)23(14-21-17)13-15-5-3-2-4-6-15/h2-6,11-12,14H,7-10,13H2,1H3. The summed E-state index contributed by atoms with van der Waals surface area (Å²) in [5, 5.41) is 0. The van der Waals surface area contributed by atoms with Gasteiger partial charge in [0.2, 0.25) is 10.0 Å². The summed E-state index contributed by atoms with van der Waals surface area (Å²) >= 11 is 0. The lowest BCUT2D eigenvalue weighted by Crippen LogP contribution is -2.50. The van der Waals surface area contributed by atoms with E-state index in [1.54, 1.807) is 23.5 Å². The molecule has 9 heteroatoms. The molecule has 3 heterocycles. The highest BCUT2D eigenvalue weighted by molar-refractivity contribution is 7.88. The maximum absolute atomic E-state index is 12.8. The molecule has 0 unspecified atom stereocenters. The Morgan fingerprint density at radius 1 is 1.07 bits per heavy atom. The number of pyridine rings is 1. The number of nitrogens with zero attached hydrogens (tertiary/aromatic N) is 5. The number of piperazine rings is 1. The lowest BCUT2D eigenvalue weighted by molar-refractivity contribution is 0.0698. The maximum Gasteiger partial charge on any atom is 0.255 e. The van der Waals surface area contributed by atoms with Gasteiger partial charge in [-0.25, -0.2) is 18.4 Å². The molecular weight excluding hydrogens is 378 g/mol. The van der Waals surface area contributed by atoms with Crippen LogP contribution in [-0.2, 0) is 16.6 Å². The summed E-state index contributed by atoms with van der Waals surface area (Å²) in [7, 11) is -3.22. The minimum atomic E-state index is -3.22. The molecule has 0 aliphatic carbocycles. The number of benzene rings is 1. The van der Waals surface area contributed by atoms with Crippen LogP contribution in [0.5, 0.6) is 0 Å². The molecule has 28 heavy (non-hydrogen) atoms. The first-order valence-corrected chi connectivity index (χ1v) is 10.9. The van der Waals surface area contributed by atoms with Crippen LogP contribution in [0.1, 0.15) is 15.9 Å². The zero-order valence-electron chi connectivity index (χ0n) is 15.5. The quantitative estimate of drug-likeness (QED) is 0.658. The summed E-state index contributed by atoms with van der Waals surface area (Å²) in [6.45, 7) is 2.02. The van der Waals surface area contributed by atoms with Gasteiger partial charge in [0.05, 0.1) is 24.7 Å². The first kappa shape index (κ1) is 18.6. The fourth-order valence-corrected chi connectivity index (χ4v) is 4.19. The third-order valence-corrected chi connectivity index (χ3v) is 6.20. The predicted molar refractivity (Wildman–Crippen MR) is 105 cm³/mol. The van der Waals surface area contributed by atoms with Crippen molar-refractivity contribution in [1.29, 1.82) is 0 Å². The first-order chi connectivity index (χ1) is 13.4. The number of sulfonamides is 1. The van der Waals surface area contributed by atoms with Gasteiger partial charge in [-0.15, -0.1) is 0 Å². The number of carbonyl (C=O) groups excluding carboxylic acids is 1. The summed E-state index contributed by atoms with van der Waals surface area (Å²) in [5.41, 5.74) is 3.00. The fraction of sp³-hybridized carbons (Fsp3) is 0.316. The minimum absolute atomic E-state index is 0.153. The van der Waals surface area contributed by atoms with E-state index >= 15 is 0 Å². The number of fused-ring (bicyclic) bond motifs is 1. The number of carbonyl (C=O) groups is 1. The number of rotatable bonds is 4. The molecule has 1 aromatic carbocycles. The van der Waals surface area contributed by atoms with Crippen molar-refractivity contribution in [3.63, 3.8) is 0 Å². The predicted octanol–water partition coefficient (Wildman–Crippen LogP) is 1.20. The topological polar surface area (TPSA) is 88.4 Å². The molecule has 4 rings (SSSR count). The van der Waals surface area contributed by atoms with E-state index in [4.69, 9.17) is 0 Å². The maximum atomic E-state index is 12.8. The highest BCUT2D eigenvalue weighted by Crippen LogP contribution is 2.16. The second-order valence-electron chi connectivity index (χ2n) is 6.88. The average molecular weight is 399 g/mol. The van der Waals surface area contributed by atoms with E-state index in [0.717, 1.165) is 11.2 Å². The van der Waals surface area contributed by atoms with Gasteiger partial charge in [-0.05, 0) is 11.6 Å². The zero-order valence-corrected chi connectivity index (χ0v) is 16.3. The Kier molecular flexibility index (Phi) is 4.86. The molecule has 2 aromatic heterocycles. The van der Waals surface area contributed by atoms with E-state index in [0.29, 0.717) is 43.8 Å². The van der Waals surface area contributed by atoms with Crippen molar-refractivity contribution >= 4 is 27.1 Å². The Balaban J connectivity index is 1.50. The second kappa shape index (κ2) is 7.33. The van der Waals surface area contributed by atoms with Crippen molar-refractivity contribution in [2.45, 2.75) is 6.54 Å². The van der Waals surface area contributed by atoms with Gasteiger partial charge in [-0.1, -0.05) is 30.3 Å². The van der Waals surface area contributed by atoms with Gasteiger partial charge in [0.1, 0.15) is 5.52 Å². The van der Waals surface area contributed by atoms with Gasteiger partial charge >= 0.3 is 0 Å². The molecule has 0 N–H and O–H groups in total. The normalized spacial score (nSPS) is 15.8. The van der Waals surface area contributed by atoms with Crippen molar-refractivity contribution in [3.05, 3.63) is 60.0 Å². The monoisotopic (exact) mass is 399 g/mol. The Morgan fingerprint density at radius 2 is 1.79 bits per heavy atom. The molecule has 0 atom stereocenters. The molecule has 1 fully saturated rings. The lowest BCUT2D eigenvalue weighted by atomic mass is 10.2. The Bertz CT molecular complexity index is 1100. The summed E-state index contributed by atoms with van der Waals surface area (Å²) < 4.78 is 26.6. The van der Waals surface area contributed by atoms with Gasteiger partial charge < -0.3 is 9.47 Å². The Hall–Kier alpha value is -2.78. The summed E-state index contributed by atoms with van der Waals surface area (Å²) in [6, 6.07) is 11.8. The van der Waals surface area contributed by atoms with Crippen molar-refractivity contribution in [3.8, 4) is 0 Å². The summed E-state index contributed by atoms with van der Waals surface area (Å²) in [5.74, 6) is -0.153. The van der Waals surface area contributed by atoms with Crippen molar-refractivity contribution in [2.75, 3.05) is 32.4 Å². The van der Waals surface area contributed by atoms with Crippen LogP contribution in [0.15, 0.2) is 48.9 Å². The van der Waals surface area contributed by atoms with Gasteiger partial charge in [-0.2, -0.15) is 4.31 Å². The van der Waals surface area contributed by atoms with E-state index in [1.807, 2.05) is 34.9 Å². The van der Waals surface area contributed by atoms with Crippen LogP contribution in [0.25, 0.3) is 11.2 Å². The number of hydrogen-bond acceptors (Lipinski definition) is 5. The third kappa shape index (κ3) is 3.76. The van der Waals surface area contributed by atoms with Crippen LogP contribution in [-0.4, -0.2) is 70.5 Å². The van der Waals surface area contributed by atoms with Crippen molar-refractivity contribution < 1.29 is 13.2 Å². The highest BCUT2D eigenvalue weighted by Gasteiger charge is 2.27. The summed E-state index contributed by atoms with van der Waals surface area (Å²) in [6.07, 6.45) is 4.48. The number of imidazole rings is 1. The molecule has 0 bridgehead atoms. The van der Waals surface area contributed by atoms with Crippen LogP contribution in [0, 0.1) is 0 Å². The SMILES string of the molecule is CS(=O)(=O)N1CCN(C(=O)c2cnc3c(c2)ncn3Cc2ccccc2)CC1. The minimum Gasteiger partial charge on any atom is -0.336 e. The molecule has 1 aliphatic rings. The van der Waals surface area contributed by atoms with Gasteiger partial charge in [0.25, 0.3) is 5.91 Å². The zero-order chi connectivity index (χ0) is 19.7. The summed E-state index contributed by atoms with van der Waals surface area (Å²) in [4.78, 5) is 23.3. The molecule has 1 amide bonds. The van der Waals surface area contributed by atoms with Crippen LogP contribution in [0.3, 0.4) is 0 Å². The second-order valence-corrected chi connectivity index (χ2v) is 8.86. The van der Waals surface area contributed by atoms with E-state index in [-0.39, 0.29) is 5.91 Å². The number of aromatic nitrogens is 3.